The van der Waals surface area contributed by atoms with Crippen molar-refractivity contribution in [2.45, 2.75) is 13.0 Å². The lowest BCUT2D eigenvalue weighted by Crippen LogP contribution is -2.40. The van der Waals surface area contributed by atoms with E-state index in [1.807, 2.05) is 0 Å². The van der Waals surface area contributed by atoms with E-state index in [4.69, 9.17) is 5.11 Å². The Kier molecular flexibility index (Phi) is 2.33. The molecule has 2 bridgehead atoms. The smallest absolute Gasteiger partial charge is 0.238 e. The van der Waals surface area contributed by atoms with E-state index in [-0.39, 0.29) is 42.1 Å². The molecule has 4 heteroatoms. The Labute approximate surface area is 128 Å². The van der Waals surface area contributed by atoms with Crippen LogP contribution in [0.5, 0.6) is 0 Å². The van der Waals surface area contributed by atoms with E-state index in [9.17, 15) is 9.59 Å². The van der Waals surface area contributed by atoms with Crippen LogP contribution in [-0.4, -0.2) is 16.9 Å². The van der Waals surface area contributed by atoms with Crippen molar-refractivity contribution in [2.75, 3.05) is 4.90 Å². The first-order valence-corrected chi connectivity index (χ1v) is 7.96. The van der Waals surface area contributed by atoms with Gasteiger partial charge in [0.1, 0.15) is 0 Å². The number of allylic oxidation sites excluding steroid dienone is 2. The third kappa shape index (κ3) is 1.41. The fourth-order valence-electron chi connectivity index (χ4n) is 4.96. The first-order chi connectivity index (χ1) is 10.7. The second-order valence-corrected chi connectivity index (χ2v) is 6.99. The normalized spacial score (nSPS) is 40.9. The van der Waals surface area contributed by atoms with Crippen LogP contribution in [-0.2, 0) is 16.2 Å². The van der Waals surface area contributed by atoms with Crippen molar-refractivity contribution in [3.63, 3.8) is 0 Å². The lowest BCUT2D eigenvalue weighted by Gasteiger charge is -2.37. The van der Waals surface area contributed by atoms with Crippen molar-refractivity contribution >= 4 is 17.5 Å². The van der Waals surface area contributed by atoms with Crippen LogP contribution in [0.2, 0.25) is 0 Å². The number of anilines is 1. The van der Waals surface area contributed by atoms with Gasteiger partial charge in [-0.15, -0.1) is 0 Å². The topological polar surface area (TPSA) is 57.6 Å². The predicted molar refractivity (Wildman–Crippen MR) is 79.6 cm³/mol. The summed E-state index contributed by atoms with van der Waals surface area (Å²) < 4.78 is 0. The van der Waals surface area contributed by atoms with Crippen molar-refractivity contribution < 1.29 is 14.7 Å². The van der Waals surface area contributed by atoms with Gasteiger partial charge in [-0.2, -0.15) is 0 Å². The molecule has 4 aliphatic carbocycles. The van der Waals surface area contributed by atoms with E-state index in [0.717, 1.165) is 5.56 Å². The molecule has 5 aliphatic rings. The molecule has 6 atom stereocenters. The zero-order chi connectivity index (χ0) is 15.0. The number of aliphatic hydroxyl groups is 1. The molecule has 0 spiro atoms. The summed E-state index contributed by atoms with van der Waals surface area (Å²) in [6, 6.07) is 7.05. The van der Waals surface area contributed by atoms with Crippen molar-refractivity contribution in [3.8, 4) is 0 Å². The van der Waals surface area contributed by atoms with Gasteiger partial charge in [0.25, 0.3) is 0 Å². The minimum Gasteiger partial charge on any atom is -0.392 e. The summed E-state index contributed by atoms with van der Waals surface area (Å²) >= 11 is 0. The first kappa shape index (κ1) is 12.6. The summed E-state index contributed by atoms with van der Waals surface area (Å²) in [4.78, 5) is 27.1. The van der Waals surface area contributed by atoms with E-state index < -0.39 is 0 Å². The Morgan fingerprint density at radius 2 is 1.50 bits per heavy atom. The monoisotopic (exact) mass is 295 g/mol. The number of benzene rings is 1. The van der Waals surface area contributed by atoms with Gasteiger partial charge < -0.3 is 5.11 Å². The van der Waals surface area contributed by atoms with Gasteiger partial charge in [0.2, 0.25) is 11.8 Å². The molecule has 1 saturated heterocycles. The second-order valence-electron chi connectivity index (χ2n) is 6.99. The Hall–Kier alpha value is -1.94. The average molecular weight is 295 g/mol. The summed E-state index contributed by atoms with van der Waals surface area (Å²) in [5, 5.41) is 9.12. The second kappa shape index (κ2) is 4.07. The maximum absolute atomic E-state index is 12.9. The molecular formula is C18H17NO3. The zero-order valence-corrected chi connectivity index (χ0v) is 12.1. The lowest BCUT2D eigenvalue weighted by molar-refractivity contribution is -0.124. The van der Waals surface area contributed by atoms with Crippen molar-refractivity contribution in [2.24, 2.45) is 35.5 Å². The molecule has 1 aromatic rings. The number of carbonyl (C=O) groups excluding carboxylic acids is 2. The molecule has 2 saturated carbocycles. The van der Waals surface area contributed by atoms with Crippen LogP contribution < -0.4 is 4.90 Å². The average Bonchev–Trinajstić information content (AvgIpc) is 3.32. The molecule has 2 amide bonds. The molecule has 0 aromatic heterocycles. The van der Waals surface area contributed by atoms with Gasteiger partial charge in [0.15, 0.2) is 0 Å². The maximum atomic E-state index is 12.9. The maximum Gasteiger partial charge on any atom is 0.238 e. The first-order valence-electron chi connectivity index (χ1n) is 7.96. The van der Waals surface area contributed by atoms with Gasteiger partial charge in [0, 0.05) is 0 Å². The van der Waals surface area contributed by atoms with Crippen LogP contribution in [0.1, 0.15) is 12.0 Å². The minimum absolute atomic E-state index is 0.0311. The fourth-order valence-corrected chi connectivity index (χ4v) is 4.96. The van der Waals surface area contributed by atoms with E-state index >= 15 is 0 Å². The third-order valence-electron chi connectivity index (χ3n) is 6.04. The van der Waals surface area contributed by atoms with Crippen LogP contribution in [0, 0.1) is 35.5 Å². The predicted octanol–water partition coefficient (Wildman–Crippen LogP) is 1.74. The van der Waals surface area contributed by atoms with Gasteiger partial charge in [-0.05, 0) is 47.8 Å². The number of nitrogens with zero attached hydrogens (tertiary/aromatic N) is 1. The number of imide groups is 1. The number of carbonyl (C=O) groups is 2. The number of rotatable bonds is 2. The minimum atomic E-state index is -0.149. The number of aliphatic hydroxyl groups excluding tert-OH is 1. The van der Waals surface area contributed by atoms with Crippen LogP contribution in [0.3, 0.4) is 0 Å². The van der Waals surface area contributed by atoms with E-state index in [1.165, 1.54) is 11.3 Å². The highest BCUT2D eigenvalue weighted by atomic mass is 16.3. The van der Waals surface area contributed by atoms with Gasteiger partial charge in [-0.1, -0.05) is 24.3 Å². The molecule has 6 rings (SSSR count). The van der Waals surface area contributed by atoms with Crippen LogP contribution in [0.25, 0.3) is 0 Å². The molecule has 0 radical (unpaired) electrons. The fraction of sp³-hybridized carbons (Fsp3) is 0.444. The van der Waals surface area contributed by atoms with Crippen molar-refractivity contribution in [1.29, 1.82) is 0 Å². The van der Waals surface area contributed by atoms with Crippen LogP contribution in [0.15, 0.2) is 36.4 Å². The Morgan fingerprint density at radius 3 is 2.00 bits per heavy atom. The molecule has 1 N–H and O–H groups in total. The number of hydrogen-bond acceptors (Lipinski definition) is 3. The van der Waals surface area contributed by atoms with E-state index in [2.05, 4.69) is 12.2 Å². The Balaban J connectivity index is 1.54. The van der Waals surface area contributed by atoms with E-state index in [1.54, 1.807) is 24.3 Å². The van der Waals surface area contributed by atoms with Crippen molar-refractivity contribution in [3.05, 3.63) is 42.0 Å². The quantitative estimate of drug-likeness (QED) is 0.668. The Morgan fingerprint density at radius 1 is 0.955 bits per heavy atom. The third-order valence-corrected chi connectivity index (χ3v) is 6.04. The SMILES string of the molecule is O=C1[C@@H]2[C@H](C(=O)N1c1ccc(CO)cc1)C1C=C[C@H]2C2C[C@@H]12. The number of amides is 2. The summed E-state index contributed by atoms with van der Waals surface area (Å²) in [7, 11) is 0. The molecule has 3 fully saturated rings. The summed E-state index contributed by atoms with van der Waals surface area (Å²) in [5.41, 5.74) is 1.41. The summed E-state index contributed by atoms with van der Waals surface area (Å²) in [6.45, 7) is -0.0369. The molecule has 2 unspecified atom stereocenters. The number of hydrogen-bond donors (Lipinski definition) is 1. The highest BCUT2D eigenvalue weighted by Crippen LogP contribution is 2.65. The molecule has 1 aromatic carbocycles. The summed E-state index contributed by atoms with van der Waals surface area (Å²) in [5.74, 6) is 1.42. The molecule has 1 heterocycles. The van der Waals surface area contributed by atoms with Crippen LogP contribution in [0.4, 0.5) is 5.69 Å². The van der Waals surface area contributed by atoms with E-state index in [0.29, 0.717) is 17.5 Å². The Bertz CT molecular complexity index is 672. The molecule has 1 aliphatic heterocycles. The molecular weight excluding hydrogens is 278 g/mol. The lowest BCUT2D eigenvalue weighted by atomic mass is 9.63. The van der Waals surface area contributed by atoms with Gasteiger partial charge >= 0.3 is 0 Å². The highest BCUT2D eigenvalue weighted by molar-refractivity contribution is 6.22. The largest absolute Gasteiger partial charge is 0.392 e. The van der Waals surface area contributed by atoms with Crippen molar-refractivity contribution in [1.82, 2.24) is 0 Å². The zero-order valence-electron chi connectivity index (χ0n) is 12.1. The highest BCUT2D eigenvalue weighted by Gasteiger charge is 2.67. The standard InChI is InChI=1S/C18H17NO3/c20-8-9-1-3-10(4-2-9)19-17(21)15-11-5-6-12(14-7-13(11)14)16(15)18(19)22/h1-6,11-16,20H,7-8H2/t11-,12?,13?,14-,15-,16+/m0/s1. The van der Waals surface area contributed by atoms with Gasteiger partial charge in [-0.3, -0.25) is 14.5 Å². The summed E-state index contributed by atoms with van der Waals surface area (Å²) in [6.07, 6.45) is 5.55. The molecule has 4 nitrogen and oxygen atoms in total. The van der Waals surface area contributed by atoms with Crippen LogP contribution >= 0.6 is 0 Å². The molecule has 22 heavy (non-hydrogen) atoms. The molecule has 112 valence electrons. The van der Waals surface area contributed by atoms with Gasteiger partial charge in [0.05, 0.1) is 24.1 Å². The van der Waals surface area contributed by atoms with Gasteiger partial charge in [-0.25, -0.2) is 0 Å².